The second-order valence-corrected chi connectivity index (χ2v) is 6.30. The third kappa shape index (κ3) is 2.57. The largest absolute Gasteiger partial charge is 0.307 e. The molecule has 0 bridgehead atoms. The number of rotatable bonds is 4. The molecular formula is C17H13N9O2. The summed E-state index contributed by atoms with van der Waals surface area (Å²) in [4.78, 5) is 19.3. The molecule has 138 valence electrons. The highest BCUT2D eigenvalue weighted by molar-refractivity contribution is 5.88. The Bertz CT molecular complexity index is 1330. The van der Waals surface area contributed by atoms with Gasteiger partial charge >= 0.3 is 5.69 Å². The lowest BCUT2D eigenvalue weighted by atomic mass is 10.1. The van der Waals surface area contributed by atoms with E-state index in [1.165, 1.54) is 17.1 Å². The minimum atomic E-state index is -0.463. The molecule has 0 unspecified atom stereocenters. The van der Waals surface area contributed by atoms with Crippen LogP contribution in [-0.4, -0.2) is 44.1 Å². The molecule has 0 atom stereocenters. The lowest BCUT2D eigenvalue weighted by Gasteiger charge is -2.02. The van der Waals surface area contributed by atoms with Crippen molar-refractivity contribution in [1.82, 2.24) is 39.1 Å². The molecule has 1 aromatic carbocycles. The molecule has 0 fully saturated rings. The van der Waals surface area contributed by atoms with E-state index >= 15 is 0 Å². The number of fused-ring (bicyclic) bond motifs is 3. The van der Waals surface area contributed by atoms with Gasteiger partial charge < -0.3 is 0 Å². The number of aryl methyl sites for hydroxylation is 1. The maximum atomic E-state index is 10.8. The summed E-state index contributed by atoms with van der Waals surface area (Å²) in [6.07, 6.45) is 5.99. The molecule has 0 aliphatic carbocycles. The quantitative estimate of drug-likeness (QED) is 0.347. The summed E-state index contributed by atoms with van der Waals surface area (Å²) in [7, 11) is 1.83. The summed E-state index contributed by atoms with van der Waals surface area (Å²) in [5.41, 5.74) is 3.23. The van der Waals surface area contributed by atoms with E-state index in [1.54, 1.807) is 21.7 Å². The van der Waals surface area contributed by atoms with Gasteiger partial charge in [-0.3, -0.25) is 19.5 Å². The molecule has 0 saturated heterocycles. The molecule has 5 aromatic rings. The first kappa shape index (κ1) is 16.1. The third-order valence-electron chi connectivity index (χ3n) is 4.46. The highest BCUT2D eigenvalue weighted by Crippen LogP contribution is 2.21. The maximum absolute atomic E-state index is 10.8. The molecule has 11 heteroatoms. The van der Waals surface area contributed by atoms with Gasteiger partial charge in [0.25, 0.3) is 0 Å². The van der Waals surface area contributed by atoms with E-state index in [9.17, 15) is 10.1 Å². The van der Waals surface area contributed by atoms with E-state index in [2.05, 4.69) is 25.3 Å². The highest BCUT2D eigenvalue weighted by atomic mass is 16.6. The van der Waals surface area contributed by atoms with Gasteiger partial charge in [-0.15, -0.1) is 5.10 Å². The standard InChI is InChI=1S/C17H13N9O2/c1-23-16-14(7-19-23)17-21-15(22-25(17)10-18-16)12-4-2-11(3-5-12)8-24-9-13(6-20-24)26(27)28/h2-7,9-10H,8H2,1H3. The smallest absolute Gasteiger partial charge is 0.261 e. The SMILES string of the molecule is Cn1ncc2c1ncn1nc(-c3ccc(Cn4cc([N+](=O)[O-])cn4)cc3)nc21. The number of aromatic nitrogens is 8. The lowest BCUT2D eigenvalue weighted by molar-refractivity contribution is -0.385. The van der Waals surface area contributed by atoms with Crippen molar-refractivity contribution in [2.75, 3.05) is 0 Å². The Morgan fingerprint density at radius 2 is 1.93 bits per heavy atom. The van der Waals surface area contributed by atoms with Gasteiger partial charge in [-0.2, -0.15) is 10.2 Å². The molecule has 0 spiro atoms. The number of benzene rings is 1. The van der Waals surface area contributed by atoms with Crippen LogP contribution in [0.25, 0.3) is 28.1 Å². The summed E-state index contributed by atoms with van der Waals surface area (Å²) >= 11 is 0. The Morgan fingerprint density at radius 3 is 2.68 bits per heavy atom. The fraction of sp³-hybridized carbons (Fsp3) is 0.118. The first-order valence-corrected chi connectivity index (χ1v) is 8.38. The van der Waals surface area contributed by atoms with Crippen molar-refractivity contribution in [3.63, 3.8) is 0 Å². The van der Waals surface area contributed by atoms with Crippen molar-refractivity contribution in [2.24, 2.45) is 7.05 Å². The maximum Gasteiger partial charge on any atom is 0.307 e. The van der Waals surface area contributed by atoms with Crippen LogP contribution in [0.1, 0.15) is 5.56 Å². The summed E-state index contributed by atoms with van der Waals surface area (Å²) < 4.78 is 4.86. The third-order valence-corrected chi connectivity index (χ3v) is 4.46. The van der Waals surface area contributed by atoms with Crippen LogP contribution >= 0.6 is 0 Å². The van der Waals surface area contributed by atoms with Gasteiger partial charge in [-0.1, -0.05) is 24.3 Å². The minimum Gasteiger partial charge on any atom is -0.261 e. The summed E-state index contributed by atoms with van der Waals surface area (Å²) in [5, 5.41) is 24.3. The van der Waals surface area contributed by atoms with Gasteiger partial charge in [0.1, 0.15) is 18.7 Å². The normalized spacial score (nSPS) is 11.5. The Hall–Kier alpha value is -4.15. The fourth-order valence-electron chi connectivity index (χ4n) is 3.04. The van der Waals surface area contributed by atoms with Gasteiger partial charge in [0.15, 0.2) is 17.1 Å². The topological polar surface area (TPSA) is 122 Å². The molecule has 0 saturated carbocycles. The van der Waals surface area contributed by atoms with E-state index in [-0.39, 0.29) is 5.69 Å². The van der Waals surface area contributed by atoms with Crippen molar-refractivity contribution in [3.05, 3.63) is 64.9 Å². The number of nitrogens with zero attached hydrogens (tertiary/aromatic N) is 9. The molecule has 0 amide bonds. The monoisotopic (exact) mass is 375 g/mol. The molecule has 0 radical (unpaired) electrons. The van der Waals surface area contributed by atoms with Crippen LogP contribution in [0.3, 0.4) is 0 Å². The van der Waals surface area contributed by atoms with Crippen LogP contribution in [-0.2, 0) is 13.6 Å². The zero-order chi connectivity index (χ0) is 19.3. The van der Waals surface area contributed by atoms with Crippen LogP contribution in [0.2, 0.25) is 0 Å². The lowest BCUT2D eigenvalue weighted by Crippen LogP contribution is -1.99. The van der Waals surface area contributed by atoms with Gasteiger partial charge in [-0.25, -0.2) is 14.5 Å². The zero-order valence-corrected chi connectivity index (χ0v) is 14.7. The predicted molar refractivity (Wildman–Crippen MR) is 98.5 cm³/mol. The summed E-state index contributed by atoms with van der Waals surface area (Å²) in [5.74, 6) is 0.583. The second-order valence-electron chi connectivity index (χ2n) is 6.30. The van der Waals surface area contributed by atoms with Crippen molar-refractivity contribution in [3.8, 4) is 11.4 Å². The van der Waals surface area contributed by atoms with Crippen molar-refractivity contribution < 1.29 is 4.92 Å². The van der Waals surface area contributed by atoms with Gasteiger partial charge in [-0.05, 0) is 5.56 Å². The van der Waals surface area contributed by atoms with Gasteiger partial charge in [0.05, 0.1) is 23.1 Å². The van der Waals surface area contributed by atoms with E-state index < -0.39 is 4.92 Å². The fourth-order valence-corrected chi connectivity index (χ4v) is 3.04. The summed E-state index contributed by atoms with van der Waals surface area (Å²) in [6, 6.07) is 7.67. The molecule has 0 aliphatic heterocycles. The second kappa shape index (κ2) is 5.94. The van der Waals surface area contributed by atoms with Crippen LogP contribution in [0.5, 0.6) is 0 Å². The van der Waals surface area contributed by atoms with Crippen LogP contribution in [0.4, 0.5) is 5.69 Å². The van der Waals surface area contributed by atoms with Gasteiger partial charge in [0.2, 0.25) is 0 Å². The Kier molecular flexibility index (Phi) is 3.41. The van der Waals surface area contributed by atoms with Crippen molar-refractivity contribution in [2.45, 2.75) is 6.54 Å². The van der Waals surface area contributed by atoms with Crippen LogP contribution in [0, 0.1) is 10.1 Å². The molecule has 0 N–H and O–H groups in total. The molecule has 11 nitrogen and oxygen atoms in total. The van der Waals surface area contributed by atoms with Crippen molar-refractivity contribution in [1.29, 1.82) is 0 Å². The molecule has 28 heavy (non-hydrogen) atoms. The number of hydrogen-bond acceptors (Lipinski definition) is 7. The molecule has 0 aliphatic rings. The van der Waals surface area contributed by atoms with Gasteiger partial charge in [0, 0.05) is 12.6 Å². The first-order valence-electron chi connectivity index (χ1n) is 8.38. The average Bonchev–Trinajstić information content (AvgIpc) is 3.40. The molecule has 4 heterocycles. The van der Waals surface area contributed by atoms with Crippen LogP contribution in [0.15, 0.2) is 49.2 Å². The Morgan fingerprint density at radius 1 is 1.11 bits per heavy atom. The number of nitro groups is 1. The molecular weight excluding hydrogens is 362 g/mol. The molecule has 5 rings (SSSR count). The Balaban J connectivity index is 1.45. The van der Waals surface area contributed by atoms with E-state index in [4.69, 9.17) is 0 Å². The van der Waals surface area contributed by atoms with Crippen LogP contribution < -0.4 is 0 Å². The van der Waals surface area contributed by atoms with E-state index in [1.807, 2.05) is 31.3 Å². The molecule has 4 aromatic heterocycles. The highest BCUT2D eigenvalue weighted by Gasteiger charge is 2.13. The predicted octanol–water partition coefficient (Wildman–Crippen LogP) is 1.83. The zero-order valence-electron chi connectivity index (χ0n) is 14.7. The summed E-state index contributed by atoms with van der Waals surface area (Å²) in [6.45, 7) is 0.437. The van der Waals surface area contributed by atoms with E-state index in [0.717, 1.165) is 22.2 Å². The average molecular weight is 375 g/mol. The van der Waals surface area contributed by atoms with Crippen molar-refractivity contribution >= 4 is 22.4 Å². The van der Waals surface area contributed by atoms with E-state index in [0.29, 0.717) is 18.0 Å². The minimum absolute atomic E-state index is 0.0270. The number of hydrogen-bond donors (Lipinski definition) is 0. The Labute approximate surface area is 157 Å². The first-order chi connectivity index (χ1) is 13.6.